The fourth-order valence-corrected chi connectivity index (χ4v) is 1.58. The Balaban J connectivity index is 2.74. The molecule has 1 aromatic rings. The van der Waals surface area contributed by atoms with E-state index in [1.807, 2.05) is 57.1 Å². The van der Waals surface area contributed by atoms with Gasteiger partial charge in [-0.25, -0.2) is 4.79 Å². The number of carbonyl (C=O) groups is 1. The molecule has 0 spiro atoms. The van der Waals surface area contributed by atoms with Gasteiger partial charge in [0.05, 0.1) is 0 Å². The minimum atomic E-state index is -0.0501. The van der Waals surface area contributed by atoms with Crippen LogP contribution in [0.2, 0.25) is 0 Å². The van der Waals surface area contributed by atoms with Crippen LogP contribution in [0.1, 0.15) is 13.8 Å². The predicted octanol–water partition coefficient (Wildman–Crippen LogP) is 2.63. The van der Waals surface area contributed by atoms with E-state index in [0.717, 1.165) is 24.5 Å². The standard InChI is InChI=1S/C13H21N3O/c1-5-16(6-2)13(17)14-11-8-7-9-12(10-11)15(3)4/h7-10H,5-6H2,1-4H3,(H,14,17). The molecule has 17 heavy (non-hydrogen) atoms. The van der Waals surface area contributed by atoms with E-state index in [4.69, 9.17) is 0 Å². The maximum Gasteiger partial charge on any atom is 0.321 e. The zero-order chi connectivity index (χ0) is 12.8. The number of rotatable bonds is 4. The Morgan fingerprint density at radius 3 is 2.41 bits per heavy atom. The average molecular weight is 235 g/mol. The molecule has 2 amide bonds. The number of hydrogen-bond donors (Lipinski definition) is 1. The third-order valence-electron chi connectivity index (χ3n) is 2.66. The fraction of sp³-hybridized carbons (Fsp3) is 0.462. The molecule has 0 aliphatic carbocycles. The first-order chi connectivity index (χ1) is 8.08. The molecule has 0 heterocycles. The maximum absolute atomic E-state index is 11.9. The molecule has 1 rings (SSSR count). The fourth-order valence-electron chi connectivity index (χ4n) is 1.58. The van der Waals surface area contributed by atoms with Gasteiger partial charge in [-0.3, -0.25) is 0 Å². The largest absolute Gasteiger partial charge is 0.378 e. The maximum atomic E-state index is 11.9. The summed E-state index contributed by atoms with van der Waals surface area (Å²) in [5.74, 6) is 0. The van der Waals surface area contributed by atoms with Gasteiger partial charge in [-0.05, 0) is 32.0 Å². The van der Waals surface area contributed by atoms with Gasteiger partial charge in [0.15, 0.2) is 0 Å². The lowest BCUT2D eigenvalue weighted by Gasteiger charge is -2.20. The topological polar surface area (TPSA) is 35.6 Å². The number of anilines is 2. The van der Waals surface area contributed by atoms with Gasteiger partial charge in [-0.15, -0.1) is 0 Å². The molecule has 4 heteroatoms. The minimum Gasteiger partial charge on any atom is -0.378 e. The van der Waals surface area contributed by atoms with Crippen molar-refractivity contribution in [3.05, 3.63) is 24.3 Å². The Bertz CT molecular complexity index is 373. The molecule has 0 radical (unpaired) electrons. The third-order valence-corrected chi connectivity index (χ3v) is 2.66. The van der Waals surface area contributed by atoms with Gasteiger partial charge in [0, 0.05) is 38.6 Å². The monoisotopic (exact) mass is 235 g/mol. The highest BCUT2D eigenvalue weighted by molar-refractivity contribution is 5.89. The van der Waals surface area contributed by atoms with Crippen LogP contribution in [0.5, 0.6) is 0 Å². The van der Waals surface area contributed by atoms with Crippen LogP contribution in [-0.4, -0.2) is 38.1 Å². The predicted molar refractivity (Wildman–Crippen MR) is 72.7 cm³/mol. The summed E-state index contributed by atoms with van der Waals surface area (Å²) in [6.07, 6.45) is 0. The summed E-state index contributed by atoms with van der Waals surface area (Å²) >= 11 is 0. The molecule has 0 unspecified atom stereocenters. The molecule has 4 nitrogen and oxygen atoms in total. The van der Waals surface area contributed by atoms with E-state index in [-0.39, 0.29) is 6.03 Å². The van der Waals surface area contributed by atoms with Crippen molar-refractivity contribution in [3.63, 3.8) is 0 Å². The number of hydrogen-bond acceptors (Lipinski definition) is 2. The normalized spacial score (nSPS) is 9.88. The number of amides is 2. The van der Waals surface area contributed by atoms with E-state index in [9.17, 15) is 4.79 Å². The van der Waals surface area contributed by atoms with Crippen molar-refractivity contribution in [1.29, 1.82) is 0 Å². The van der Waals surface area contributed by atoms with E-state index in [0.29, 0.717) is 0 Å². The molecule has 0 fully saturated rings. The lowest BCUT2D eigenvalue weighted by Crippen LogP contribution is -2.34. The minimum absolute atomic E-state index is 0.0501. The molecule has 94 valence electrons. The van der Waals surface area contributed by atoms with E-state index < -0.39 is 0 Å². The Kier molecular flexibility index (Phi) is 4.82. The molecule has 0 atom stereocenters. The second kappa shape index (κ2) is 6.13. The van der Waals surface area contributed by atoms with Crippen LogP contribution >= 0.6 is 0 Å². The highest BCUT2D eigenvalue weighted by Crippen LogP contribution is 2.17. The van der Waals surface area contributed by atoms with Gasteiger partial charge in [0.1, 0.15) is 0 Å². The summed E-state index contributed by atoms with van der Waals surface area (Å²) in [6, 6.07) is 7.75. The summed E-state index contributed by atoms with van der Waals surface area (Å²) in [5, 5.41) is 2.90. The Labute approximate surface area is 103 Å². The van der Waals surface area contributed by atoms with Crippen molar-refractivity contribution in [2.24, 2.45) is 0 Å². The third kappa shape index (κ3) is 3.66. The smallest absolute Gasteiger partial charge is 0.321 e. The summed E-state index contributed by atoms with van der Waals surface area (Å²) in [6.45, 7) is 5.38. The highest BCUT2D eigenvalue weighted by atomic mass is 16.2. The van der Waals surface area contributed by atoms with Gasteiger partial charge >= 0.3 is 6.03 Å². The summed E-state index contributed by atoms with van der Waals surface area (Å²) in [5.41, 5.74) is 1.90. The quantitative estimate of drug-likeness (QED) is 0.870. The van der Waals surface area contributed by atoms with Crippen LogP contribution in [0.25, 0.3) is 0 Å². The number of carbonyl (C=O) groups excluding carboxylic acids is 1. The molecule has 1 aromatic carbocycles. The first kappa shape index (κ1) is 13.4. The second-order valence-corrected chi connectivity index (χ2v) is 4.05. The highest BCUT2D eigenvalue weighted by Gasteiger charge is 2.09. The van der Waals surface area contributed by atoms with Crippen LogP contribution in [0, 0.1) is 0 Å². The van der Waals surface area contributed by atoms with E-state index >= 15 is 0 Å². The molecular formula is C13H21N3O. The van der Waals surface area contributed by atoms with Crippen molar-refractivity contribution in [1.82, 2.24) is 4.90 Å². The summed E-state index contributed by atoms with van der Waals surface area (Å²) in [4.78, 5) is 15.6. The van der Waals surface area contributed by atoms with Gasteiger partial charge in [0.2, 0.25) is 0 Å². The molecule has 0 bridgehead atoms. The lowest BCUT2D eigenvalue weighted by atomic mass is 10.2. The number of nitrogens with one attached hydrogen (secondary N) is 1. The molecule has 0 aliphatic rings. The molecule has 0 aliphatic heterocycles. The SMILES string of the molecule is CCN(CC)C(=O)Nc1cccc(N(C)C)c1. The molecule has 0 saturated heterocycles. The van der Waals surface area contributed by atoms with E-state index in [1.165, 1.54) is 0 Å². The summed E-state index contributed by atoms with van der Waals surface area (Å²) < 4.78 is 0. The first-order valence-electron chi connectivity index (χ1n) is 5.91. The zero-order valence-corrected chi connectivity index (χ0v) is 11.0. The van der Waals surface area contributed by atoms with Gasteiger partial charge in [0.25, 0.3) is 0 Å². The van der Waals surface area contributed by atoms with E-state index in [1.54, 1.807) is 4.90 Å². The van der Waals surface area contributed by atoms with Crippen LogP contribution in [0.4, 0.5) is 16.2 Å². The Morgan fingerprint density at radius 2 is 1.88 bits per heavy atom. The number of nitrogens with zero attached hydrogens (tertiary/aromatic N) is 2. The van der Waals surface area contributed by atoms with Crippen LogP contribution in [0.3, 0.4) is 0 Å². The summed E-state index contributed by atoms with van der Waals surface area (Å²) in [7, 11) is 3.96. The first-order valence-corrected chi connectivity index (χ1v) is 5.91. The van der Waals surface area contributed by atoms with Crippen molar-refractivity contribution < 1.29 is 4.79 Å². The van der Waals surface area contributed by atoms with Crippen LogP contribution in [-0.2, 0) is 0 Å². The van der Waals surface area contributed by atoms with Crippen molar-refractivity contribution in [2.45, 2.75) is 13.8 Å². The van der Waals surface area contributed by atoms with Gasteiger partial charge < -0.3 is 15.1 Å². The van der Waals surface area contributed by atoms with Crippen LogP contribution < -0.4 is 10.2 Å². The van der Waals surface area contributed by atoms with Gasteiger partial charge in [-0.2, -0.15) is 0 Å². The number of benzene rings is 1. The second-order valence-electron chi connectivity index (χ2n) is 4.05. The molecular weight excluding hydrogens is 214 g/mol. The van der Waals surface area contributed by atoms with E-state index in [2.05, 4.69) is 5.32 Å². The Morgan fingerprint density at radius 1 is 1.24 bits per heavy atom. The molecule has 1 N–H and O–H groups in total. The average Bonchev–Trinajstić information content (AvgIpc) is 2.30. The number of urea groups is 1. The van der Waals surface area contributed by atoms with Crippen molar-refractivity contribution in [2.75, 3.05) is 37.4 Å². The molecule has 0 aromatic heterocycles. The van der Waals surface area contributed by atoms with Crippen LogP contribution in [0.15, 0.2) is 24.3 Å². The van der Waals surface area contributed by atoms with Gasteiger partial charge in [-0.1, -0.05) is 6.07 Å². The molecule has 0 saturated carbocycles. The zero-order valence-electron chi connectivity index (χ0n) is 11.0. The Hall–Kier alpha value is -1.71. The van der Waals surface area contributed by atoms with Crippen molar-refractivity contribution >= 4 is 17.4 Å². The lowest BCUT2D eigenvalue weighted by molar-refractivity contribution is 0.217. The van der Waals surface area contributed by atoms with Crippen molar-refractivity contribution in [3.8, 4) is 0 Å².